The fraction of sp³-hybridized carbons (Fsp3) is 1.00. The van der Waals surface area contributed by atoms with Gasteiger partial charge in [-0.3, -0.25) is 9.44 Å². The lowest BCUT2D eigenvalue weighted by molar-refractivity contribution is 0.875. The number of hydrogen-bond donors (Lipinski definition) is 2. The first kappa shape index (κ1) is 8.62. The Labute approximate surface area is 59.5 Å². The minimum Gasteiger partial charge on any atom is -0.263 e. The molecule has 4 heteroatoms. The summed E-state index contributed by atoms with van der Waals surface area (Å²) in [4.78, 5) is 0. The predicted molar refractivity (Wildman–Crippen MR) is 43.0 cm³/mol. The van der Waals surface area contributed by atoms with E-state index in [1.54, 1.807) is 23.9 Å². The van der Waals surface area contributed by atoms with E-state index in [1.807, 2.05) is 12.5 Å². The molecule has 0 aromatic carbocycles. The number of rotatable bonds is 5. The monoisotopic (exact) mass is 152 g/mol. The topological polar surface area (TPSA) is 24.1 Å². The van der Waals surface area contributed by atoms with Gasteiger partial charge < -0.3 is 0 Å². The van der Waals surface area contributed by atoms with E-state index in [9.17, 15) is 0 Å². The van der Waals surface area contributed by atoms with Crippen LogP contribution in [0, 0.1) is 0 Å². The van der Waals surface area contributed by atoms with Crippen molar-refractivity contribution in [2.75, 3.05) is 25.6 Å². The first-order chi connectivity index (χ1) is 3.91. The normalized spacial score (nSPS) is 9.75. The van der Waals surface area contributed by atoms with Crippen LogP contribution in [0.15, 0.2) is 0 Å². The van der Waals surface area contributed by atoms with Gasteiger partial charge in [0.05, 0.1) is 0 Å². The summed E-state index contributed by atoms with van der Waals surface area (Å²) in [5.41, 5.74) is 0. The minimum atomic E-state index is 1.03. The summed E-state index contributed by atoms with van der Waals surface area (Å²) in [6, 6.07) is 0. The Hall–Kier alpha value is 0.620. The van der Waals surface area contributed by atoms with E-state index in [0.717, 1.165) is 13.1 Å². The van der Waals surface area contributed by atoms with E-state index in [-0.39, 0.29) is 0 Å². The van der Waals surface area contributed by atoms with E-state index in [1.165, 1.54) is 0 Å². The average Bonchev–Trinajstić information content (AvgIpc) is 1.81. The Morgan fingerprint density at radius 3 is 1.62 bits per heavy atom. The van der Waals surface area contributed by atoms with Gasteiger partial charge in [0.2, 0.25) is 0 Å². The fourth-order valence-electron chi connectivity index (χ4n) is 0.306. The van der Waals surface area contributed by atoms with Gasteiger partial charge in [-0.2, -0.15) is 0 Å². The molecule has 0 radical (unpaired) electrons. The average molecular weight is 152 g/mol. The molecule has 2 nitrogen and oxygen atoms in total. The van der Waals surface area contributed by atoms with Crippen LogP contribution in [-0.4, -0.2) is 25.6 Å². The molecule has 0 unspecified atom stereocenters. The second-order valence-corrected chi connectivity index (χ2v) is 2.59. The van der Waals surface area contributed by atoms with Crippen molar-refractivity contribution in [3.63, 3.8) is 0 Å². The zero-order valence-corrected chi connectivity index (χ0v) is 6.86. The van der Waals surface area contributed by atoms with Gasteiger partial charge in [0, 0.05) is 13.1 Å². The summed E-state index contributed by atoms with van der Waals surface area (Å²) in [5.74, 6) is 0. The fourth-order valence-corrected chi connectivity index (χ4v) is 0.919. The van der Waals surface area contributed by atoms with Crippen LogP contribution in [0.3, 0.4) is 0 Å². The van der Waals surface area contributed by atoms with Crippen molar-refractivity contribution in [2.24, 2.45) is 0 Å². The maximum atomic E-state index is 3.12. The lowest BCUT2D eigenvalue weighted by Crippen LogP contribution is -2.17. The van der Waals surface area contributed by atoms with Crippen LogP contribution in [0.25, 0.3) is 0 Å². The summed E-state index contributed by atoms with van der Waals surface area (Å²) in [5, 5.41) is 0. The molecule has 0 rings (SSSR count). The third-order valence-corrected chi connectivity index (χ3v) is 1.60. The molecule has 0 amide bonds. The number of hydrogen-bond acceptors (Lipinski definition) is 4. The maximum absolute atomic E-state index is 3.12. The number of nitrogens with one attached hydrogen (secondary N) is 2. The Morgan fingerprint density at radius 2 is 1.38 bits per heavy atom. The highest BCUT2D eigenvalue weighted by Gasteiger charge is 1.80. The third-order valence-electron chi connectivity index (χ3n) is 0.618. The SMILES string of the molecule is CSNCCNSC. The molecule has 0 aliphatic rings. The summed E-state index contributed by atoms with van der Waals surface area (Å²) < 4.78 is 6.25. The molecular weight excluding hydrogens is 140 g/mol. The largest absolute Gasteiger partial charge is 0.263 e. The summed E-state index contributed by atoms with van der Waals surface area (Å²) in [7, 11) is 0. The lowest BCUT2D eigenvalue weighted by Gasteiger charge is -1.98. The van der Waals surface area contributed by atoms with E-state index >= 15 is 0 Å². The van der Waals surface area contributed by atoms with Gasteiger partial charge in [-0.15, -0.1) is 0 Å². The van der Waals surface area contributed by atoms with E-state index in [0.29, 0.717) is 0 Å². The van der Waals surface area contributed by atoms with Gasteiger partial charge in [-0.25, -0.2) is 0 Å². The van der Waals surface area contributed by atoms with Crippen molar-refractivity contribution in [2.45, 2.75) is 0 Å². The zero-order valence-electron chi connectivity index (χ0n) is 5.23. The molecule has 0 saturated carbocycles. The second-order valence-electron chi connectivity index (χ2n) is 1.20. The molecule has 0 bridgehead atoms. The van der Waals surface area contributed by atoms with Crippen molar-refractivity contribution >= 4 is 23.9 Å². The van der Waals surface area contributed by atoms with Gasteiger partial charge in [0.1, 0.15) is 0 Å². The molecule has 50 valence electrons. The van der Waals surface area contributed by atoms with E-state index < -0.39 is 0 Å². The summed E-state index contributed by atoms with van der Waals surface area (Å²) >= 11 is 3.31. The molecule has 0 aromatic rings. The molecule has 0 fully saturated rings. The predicted octanol–water partition coefficient (Wildman–Crippen LogP) is 0.722. The molecule has 8 heavy (non-hydrogen) atoms. The highest BCUT2D eigenvalue weighted by atomic mass is 32.2. The molecule has 0 atom stereocenters. The Kier molecular flexibility index (Phi) is 8.21. The molecule has 0 saturated heterocycles. The smallest absolute Gasteiger partial charge is 0.0193 e. The van der Waals surface area contributed by atoms with Gasteiger partial charge in [0.25, 0.3) is 0 Å². The zero-order chi connectivity index (χ0) is 6.24. The first-order valence-electron chi connectivity index (χ1n) is 2.43. The highest BCUT2D eigenvalue weighted by Crippen LogP contribution is 1.81. The lowest BCUT2D eigenvalue weighted by atomic mass is 10.7. The van der Waals surface area contributed by atoms with Crippen molar-refractivity contribution in [3.05, 3.63) is 0 Å². The van der Waals surface area contributed by atoms with Gasteiger partial charge in [-0.05, 0) is 12.5 Å². The van der Waals surface area contributed by atoms with Crippen molar-refractivity contribution in [1.29, 1.82) is 0 Å². The molecule has 0 aliphatic heterocycles. The van der Waals surface area contributed by atoms with E-state index in [4.69, 9.17) is 0 Å². The van der Waals surface area contributed by atoms with Crippen molar-refractivity contribution in [1.82, 2.24) is 9.44 Å². The Balaban J connectivity index is 2.53. The van der Waals surface area contributed by atoms with Gasteiger partial charge in [-0.1, -0.05) is 23.9 Å². The maximum Gasteiger partial charge on any atom is 0.0193 e. The van der Waals surface area contributed by atoms with Crippen LogP contribution < -0.4 is 9.44 Å². The minimum absolute atomic E-state index is 1.03. The highest BCUT2D eigenvalue weighted by molar-refractivity contribution is 7.97. The molecule has 0 aromatic heterocycles. The Morgan fingerprint density at radius 1 is 1.00 bits per heavy atom. The van der Waals surface area contributed by atoms with Crippen LogP contribution in [0.4, 0.5) is 0 Å². The second kappa shape index (κ2) is 7.62. The van der Waals surface area contributed by atoms with Crippen LogP contribution >= 0.6 is 23.9 Å². The van der Waals surface area contributed by atoms with Crippen molar-refractivity contribution < 1.29 is 0 Å². The molecule has 0 aliphatic carbocycles. The summed E-state index contributed by atoms with van der Waals surface area (Å²) in [6.45, 7) is 2.06. The van der Waals surface area contributed by atoms with Crippen LogP contribution in [-0.2, 0) is 0 Å². The van der Waals surface area contributed by atoms with E-state index in [2.05, 4.69) is 9.44 Å². The van der Waals surface area contributed by atoms with Gasteiger partial charge >= 0.3 is 0 Å². The first-order valence-corrected chi connectivity index (χ1v) is 4.88. The Bertz CT molecular complexity index is 37.0. The molecular formula is C4H12N2S2. The van der Waals surface area contributed by atoms with Crippen molar-refractivity contribution in [3.8, 4) is 0 Å². The molecule has 2 N–H and O–H groups in total. The van der Waals surface area contributed by atoms with Crippen LogP contribution in [0.2, 0.25) is 0 Å². The third kappa shape index (κ3) is 6.62. The standard InChI is InChI=1S/C4H12N2S2/c1-7-5-3-4-6-8-2/h5-6H,3-4H2,1-2H3. The molecule has 0 spiro atoms. The van der Waals surface area contributed by atoms with Crippen LogP contribution in [0.5, 0.6) is 0 Å². The summed E-state index contributed by atoms with van der Waals surface area (Å²) in [6.07, 6.45) is 4.05. The quantitative estimate of drug-likeness (QED) is 0.448. The molecule has 0 heterocycles. The van der Waals surface area contributed by atoms with Crippen LogP contribution in [0.1, 0.15) is 0 Å². The van der Waals surface area contributed by atoms with Gasteiger partial charge in [0.15, 0.2) is 0 Å².